The number of anilines is 2. The largest absolute Gasteiger partial charge is 0.339 e. The number of hydrogen-bond acceptors (Lipinski definition) is 4. The molecule has 0 unspecified atom stereocenters. The summed E-state index contributed by atoms with van der Waals surface area (Å²) in [7, 11) is 1.79. The lowest BCUT2D eigenvalue weighted by Gasteiger charge is -2.21. The highest BCUT2D eigenvalue weighted by Gasteiger charge is 2.42. The van der Waals surface area contributed by atoms with Crippen LogP contribution in [0.2, 0.25) is 5.02 Å². The van der Waals surface area contributed by atoms with Gasteiger partial charge in [-0.25, -0.2) is 4.90 Å². The molecule has 1 aliphatic rings. The molecule has 3 aromatic rings. The van der Waals surface area contributed by atoms with Gasteiger partial charge in [0.15, 0.2) is 0 Å². The molecule has 3 aromatic carbocycles. The molecule has 0 bridgehead atoms. The number of carbonyl (C=O) groups excluding carboxylic acids is 2. The number of likely N-dealkylation sites (N-methyl/N-ethyl adjacent to an activating group) is 1. The molecule has 0 N–H and O–H groups in total. The summed E-state index contributed by atoms with van der Waals surface area (Å²) in [4.78, 5) is 30.9. The van der Waals surface area contributed by atoms with Crippen LogP contribution in [-0.2, 0) is 9.59 Å². The van der Waals surface area contributed by atoms with Crippen LogP contribution in [0.4, 0.5) is 11.4 Å². The SMILES string of the molecule is CN(C1=C(Sc2ccccc2)C(=O)N(c2ccccc2Cl)C1=O)c1ccccc1. The van der Waals surface area contributed by atoms with Crippen molar-refractivity contribution in [2.45, 2.75) is 4.90 Å². The Morgan fingerprint density at radius 3 is 2.03 bits per heavy atom. The van der Waals surface area contributed by atoms with Gasteiger partial charge in [-0.15, -0.1) is 0 Å². The van der Waals surface area contributed by atoms with Gasteiger partial charge >= 0.3 is 0 Å². The van der Waals surface area contributed by atoms with Crippen molar-refractivity contribution in [3.63, 3.8) is 0 Å². The third-order valence-corrected chi connectivity index (χ3v) is 5.95. The predicted octanol–water partition coefficient (Wildman–Crippen LogP) is 5.35. The average Bonchev–Trinajstić information content (AvgIpc) is 2.99. The number of carbonyl (C=O) groups is 2. The molecular weight excluding hydrogens is 404 g/mol. The van der Waals surface area contributed by atoms with E-state index in [1.807, 2.05) is 60.7 Å². The Morgan fingerprint density at radius 2 is 1.38 bits per heavy atom. The Morgan fingerprint density at radius 1 is 0.793 bits per heavy atom. The van der Waals surface area contributed by atoms with Gasteiger partial charge in [-0.1, -0.05) is 71.9 Å². The lowest BCUT2D eigenvalue weighted by atomic mass is 10.2. The van der Waals surface area contributed by atoms with Gasteiger partial charge < -0.3 is 4.90 Å². The third kappa shape index (κ3) is 3.67. The summed E-state index contributed by atoms with van der Waals surface area (Å²) in [6.07, 6.45) is 0. The quantitative estimate of drug-likeness (QED) is 0.521. The fourth-order valence-corrected chi connectivity index (χ4v) is 4.37. The first-order valence-corrected chi connectivity index (χ1v) is 10.2. The zero-order chi connectivity index (χ0) is 20.4. The number of para-hydroxylation sites is 2. The van der Waals surface area contributed by atoms with Gasteiger partial charge in [-0.05, 0) is 36.4 Å². The van der Waals surface area contributed by atoms with Crippen molar-refractivity contribution in [2.24, 2.45) is 0 Å². The second-order valence-corrected chi connectivity index (χ2v) is 7.88. The van der Waals surface area contributed by atoms with Crippen molar-refractivity contribution in [1.82, 2.24) is 0 Å². The lowest BCUT2D eigenvalue weighted by molar-refractivity contribution is -0.120. The van der Waals surface area contributed by atoms with Crippen LogP contribution in [0.25, 0.3) is 0 Å². The maximum atomic E-state index is 13.4. The van der Waals surface area contributed by atoms with Crippen LogP contribution in [-0.4, -0.2) is 18.9 Å². The van der Waals surface area contributed by atoms with E-state index in [0.717, 1.165) is 15.5 Å². The van der Waals surface area contributed by atoms with Crippen molar-refractivity contribution in [3.8, 4) is 0 Å². The summed E-state index contributed by atoms with van der Waals surface area (Å²) in [5.74, 6) is -0.775. The maximum Gasteiger partial charge on any atom is 0.283 e. The van der Waals surface area contributed by atoms with Crippen LogP contribution in [0.15, 0.2) is 100 Å². The van der Waals surface area contributed by atoms with Crippen LogP contribution >= 0.6 is 23.4 Å². The zero-order valence-corrected chi connectivity index (χ0v) is 17.2. The Balaban J connectivity index is 1.82. The van der Waals surface area contributed by atoms with Crippen LogP contribution in [0, 0.1) is 0 Å². The number of nitrogens with zero attached hydrogens (tertiary/aromatic N) is 2. The third-order valence-electron chi connectivity index (χ3n) is 4.55. The molecule has 0 spiro atoms. The highest BCUT2D eigenvalue weighted by molar-refractivity contribution is 8.04. The van der Waals surface area contributed by atoms with Crippen LogP contribution in [0.3, 0.4) is 0 Å². The summed E-state index contributed by atoms with van der Waals surface area (Å²) in [6, 6.07) is 25.9. The molecule has 144 valence electrons. The smallest absolute Gasteiger partial charge is 0.283 e. The van der Waals surface area contributed by atoms with Gasteiger partial charge in [0.05, 0.1) is 10.7 Å². The van der Waals surface area contributed by atoms with Crippen molar-refractivity contribution in [3.05, 3.63) is 101 Å². The van der Waals surface area contributed by atoms with Crippen LogP contribution in [0.5, 0.6) is 0 Å². The molecule has 0 fully saturated rings. The van der Waals surface area contributed by atoms with E-state index in [4.69, 9.17) is 11.6 Å². The topological polar surface area (TPSA) is 40.6 Å². The second-order valence-electron chi connectivity index (χ2n) is 6.38. The molecular formula is C23H17ClN2O2S. The Kier molecular flexibility index (Phi) is 5.43. The molecule has 1 aliphatic heterocycles. The summed E-state index contributed by atoms with van der Waals surface area (Å²) in [6.45, 7) is 0. The Bertz CT molecular complexity index is 1100. The highest BCUT2D eigenvalue weighted by Crippen LogP contribution is 2.40. The van der Waals surface area contributed by atoms with E-state index in [9.17, 15) is 9.59 Å². The van der Waals surface area contributed by atoms with Gasteiger partial charge in [0.1, 0.15) is 10.6 Å². The molecule has 0 aromatic heterocycles. The normalized spacial score (nSPS) is 13.9. The molecule has 0 saturated carbocycles. The van der Waals surface area contributed by atoms with E-state index in [0.29, 0.717) is 21.3 Å². The minimum atomic E-state index is -0.395. The minimum Gasteiger partial charge on any atom is -0.339 e. The standard InChI is InChI=1S/C23H17ClN2O2S/c1-25(16-10-4-2-5-11-16)20-21(29-17-12-6-3-7-13-17)23(28)26(22(20)27)19-15-9-8-14-18(19)24/h2-15H,1H3. The molecule has 4 rings (SSSR count). The minimum absolute atomic E-state index is 0.329. The molecule has 29 heavy (non-hydrogen) atoms. The van der Waals surface area contributed by atoms with E-state index in [-0.39, 0.29) is 5.91 Å². The number of rotatable bonds is 5. The van der Waals surface area contributed by atoms with Gasteiger partial charge in [0.25, 0.3) is 11.8 Å². The van der Waals surface area contributed by atoms with E-state index in [1.54, 1.807) is 36.2 Å². The van der Waals surface area contributed by atoms with Crippen LogP contribution in [0.1, 0.15) is 0 Å². The molecule has 0 aliphatic carbocycles. The van der Waals surface area contributed by atoms with E-state index in [2.05, 4.69) is 0 Å². The first-order chi connectivity index (χ1) is 14.1. The van der Waals surface area contributed by atoms with Crippen molar-refractivity contribution < 1.29 is 9.59 Å². The number of halogens is 1. The summed E-state index contributed by atoms with van der Waals surface area (Å²) < 4.78 is 0. The zero-order valence-electron chi connectivity index (χ0n) is 15.6. The molecule has 0 saturated heterocycles. The maximum absolute atomic E-state index is 13.4. The van der Waals surface area contributed by atoms with Crippen molar-refractivity contribution >= 4 is 46.6 Å². The highest BCUT2D eigenvalue weighted by atomic mass is 35.5. The fraction of sp³-hybridized carbons (Fsp3) is 0.0435. The fourth-order valence-electron chi connectivity index (χ4n) is 3.12. The van der Waals surface area contributed by atoms with E-state index < -0.39 is 5.91 Å². The number of hydrogen-bond donors (Lipinski definition) is 0. The second kappa shape index (κ2) is 8.15. The number of imide groups is 1. The van der Waals surface area contributed by atoms with Crippen molar-refractivity contribution in [1.29, 1.82) is 0 Å². The summed E-state index contributed by atoms with van der Waals surface area (Å²) in [5.41, 5.74) is 1.53. The van der Waals surface area contributed by atoms with E-state index >= 15 is 0 Å². The monoisotopic (exact) mass is 420 g/mol. The predicted molar refractivity (Wildman–Crippen MR) is 118 cm³/mol. The van der Waals surface area contributed by atoms with Crippen LogP contribution < -0.4 is 9.80 Å². The number of benzene rings is 3. The Hall–Kier alpha value is -3.02. The van der Waals surface area contributed by atoms with Gasteiger partial charge in [-0.3, -0.25) is 9.59 Å². The number of amides is 2. The molecule has 6 heteroatoms. The molecule has 2 amide bonds. The van der Waals surface area contributed by atoms with Crippen molar-refractivity contribution in [2.75, 3.05) is 16.8 Å². The summed E-state index contributed by atoms with van der Waals surface area (Å²) in [5, 5.41) is 0.349. The molecule has 1 heterocycles. The first kappa shape index (κ1) is 19.3. The van der Waals surface area contributed by atoms with E-state index in [1.165, 1.54) is 11.8 Å². The molecule has 0 atom stereocenters. The first-order valence-electron chi connectivity index (χ1n) is 8.97. The Labute approximate surface area is 178 Å². The molecule has 4 nitrogen and oxygen atoms in total. The average molecular weight is 421 g/mol. The summed E-state index contributed by atoms with van der Waals surface area (Å²) >= 11 is 7.58. The lowest BCUT2D eigenvalue weighted by Crippen LogP contribution is -2.34. The van der Waals surface area contributed by atoms with Gasteiger partial charge in [-0.2, -0.15) is 0 Å². The molecule has 0 radical (unpaired) electrons. The number of thioether (sulfide) groups is 1. The van der Waals surface area contributed by atoms with Gasteiger partial charge in [0, 0.05) is 17.6 Å². The van der Waals surface area contributed by atoms with Gasteiger partial charge in [0.2, 0.25) is 0 Å².